The van der Waals surface area contributed by atoms with Crippen molar-refractivity contribution >= 4 is 15.9 Å². The number of nitrogens with zero attached hydrogens (tertiary/aromatic N) is 1. The van der Waals surface area contributed by atoms with E-state index in [1.54, 1.807) is 28.6 Å². The van der Waals surface area contributed by atoms with Gasteiger partial charge in [0.05, 0.1) is 18.4 Å². The van der Waals surface area contributed by atoms with Gasteiger partial charge in [0.15, 0.2) is 0 Å². The van der Waals surface area contributed by atoms with Crippen LogP contribution in [-0.2, 0) is 14.8 Å². The van der Waals surface area contributed by atoms with Crippen LogP contribution in [0, 0.1) is 5.92 Å². The first-order chi connectivity index (χ1) is 12.7. The minimum Gasteiger partial charge on any atom is -0.358 e. The molecule has 0 saturated carbocycles. The van der Waals surface area contributed by atoms with Crippen LogP contribution < -0.4 is 5.32 Å². The topological polar surface area (TPSA) is 75.7 Å². The van der Waals surface area contributed by atoms with Crippen LogP contribution >= 0.6 is 0 Å². The molecule has 0 bridgehead atoms. The predicted molar refractivity (Wildman–Crippen MR) is 107 cm³/mol. The lowest BCUT2D eigenvalue weighted by atomic mass is 10.0. The molecule has 1 aliphatic heterocycles. The maximum absolute atomic E-state index is 13.1. The highest BCUT2D eigenvalue weighted by Gasteiger charge is 2.49. The van der Waals surface area contributed by atoms with Crippen LogP contribution in [0.5, 0.6) is 0 Å². The first-order valence-corrected chi connectivity index (χ1v) is 11.3. The van der Waals surface area contributed by atoms with Gasteiger partial charge in [0, 0.05) is 12.1 Å². The number of hydrogen-bond acceptors (Lipinski definition) is 4. The van der Waals surface area contributed by atoms with Crippen molar-refractivity contribution in [2.24, 2.45) is 5.92 Å². The molecule has 152 valence electrons. The van der Waals surface area contributed by atoms with Gasteiger partial charge in [-0.15, -0.1) is 0 Å². The third kappa shape index (κ3) is 5.53. The molecule has 1 amide bonds. The smallest absolute Gasteiger partial charge is 0.251 e. The number of amides is 1. The van der Waals surface area contributed by atoms with Gasteiger partial charge >= 0.3 is 0 Å². The molecule has 2 atom stereocenters. The van der Waals surface area contributed by atoms with E-state index in [-0.39, 0.29) is 24.2 Å². The molecule has 2 rings (SSSR count). The highest BCUT2D eigenvalue weighted by atomic mass is 32.2. The number of carbonyl (C=O) groups excluding carboxylic acids is 1. The van der Waals surface area contributed by atoms with Crippen LogP contribution in [0.2, 0.25) is 0 Å². The number of carbonyl (C=O) groups is 1. The Bertz CT molecular complexity index is 721. The van der Waals surface area contributed by atoms with Crippen molar-refractivity contribution in [2.75, 3.05) is 18.9 Å². The fourth-order valence-electron chi connectivity index (χ4n) is 3.42. The average molecular weight is 397 g/mol. The summed E-state index contributed by atoms with van der Waals surface area (Å²) in [5.74, 6) is 0.0711. The summed E-state index contributed by atoms with van der Waals surface area (Å²) in [6.45, 7) is 8.57. The molecular formula is C20H32N2O4S. The minimum atomic E-state index is -3.56. The number of ether oxygens (including phenoxy) is 1. The maximum Gasteiger partial charge on any atom is 0.251 e. The van der Waals surface area contributed by atoms with E-state index in [0.717, 1.165) is 6.42 Å². The molecule has 27 heavy (non-hydrogen) atoms. The molecule has 1 aliphatic rings. The Hall–Kier alpha value is -1.44. The Morgan fingerprint density at radius 2 is 2.00 bits per heavy atom. The van der Waals surface area contributed by atoms with E-state index in [9.17, 15) is 13.2 Å². The highest BCUT2D eigenvalue weighted by molar-refractivity contribution is 7.89. The number of hydrogen-bond donors (Lipinski definition) is 1. The second-order valence-electron chi connectivity index (χ2n) is 7.71. The van der Waals surface area contributed by atoms with Gasteiger partial charge in [0.25, 0.3) is 5.91 Å². The monoisotopic (exact) mass is 396 g/mol. The Morgan fingerprint density at radius 3 is 2.59 bits per heavy atom. The van der Waals surface area contributed by atoms with Gasteiger partial charge in [-0.05, 0) is 44.2 Å². The van der Waals surface area contributed by atoms with Crippen molar-refractivity contribution in [1.82, 2.24) is 9.62 Å². The lowest BCUT2D eigenvalue weighted by Crippen LogP contribution is -2.51. The molecule has 0 radical (unpaired) electrons. The first-order valence-electron chi connectivity index (χ1n) is 9.69. The number of nitrogens with one attached hydrogen (secondary N) is 1. The zero-order chi connectivity index (χ0) is 20.1. The second-order valence-corrected chi connectivity index (χ2v) is 9.68. The molecule has 1 aromatic rings. The van der Waals surface area contributed by atoms with E-state index in [4.69, 9.17) is 4.74 Å². The summed E-state index contributed by atoms with van der Waals surface area (Å²) in [7, 11) is -3.56. The number of sulfonamides is 1. The zero-order valence-electron chi connectivity index (χ0n) is 16.8. The van der Waals surface area contributed by atoms with E-state index in [1.807, 2.05) is 19.9 Å². The fourth-order valence-corrected chi connectivity index (χ4v) is 5.37. The summed E-state index contributed by atoms with van der Waals surface area (Å²) < 4.78 is 33.7. The van der Waals surface area contributed by atoms with Gasteiger partial charge in [-0.3, -0.25) is 4.79 Å². The van der Waals surface area contributed by atoms with Gasteiger partial charge in [0.1, 0.15) is 5.72 Å². The summed E-state index contributed by atoms with van der Waals surface area (Å²) in [5.41, 5.74) is -0.291. The normalized spacial score (nSPS) is 23.7. The van der Waals surface area contributed by atoms with E-state index in [1.165, 1.54) is 0 Å². The van der Waals surface area contributed by atoms with Crippen molar-refractivity contribution in [2.45, 2.75) is 58.7 Å². The molecule has 0 aliphatic carbocycles. The number of rotatable bonds is 9. The Balaban J connectivity index is 2.04. The Kier molecular flexibility index (Phi) is 7.42. The van der Waals surface area contributed by atoms with Crippen molar-refractivity contribution in [1.29, 1.82) is 0 Å². The third-order valence-corrected chi connectivity index (χ3v) is 7.03. The molecule has 1 aromatic carbocycles. The Labute approximate surface area is 163 Å². The second kappa shape index (κ2) is 9.17. The van der Waals surface area contributed by atoms with Crippen molar-refractivity contribution < 1.29 is 17.9 Å². The molecule has 1 heterocycles. The lowest BCUT2D eigenvalue weighted by molar-refractivity contribution is -0.0433. The number of benzene rings is 1. The van der Waals surface area contributed by atoms with Crippen molar-refractivity contribution in [3.8, 4) is 0 Å². The van der Waals surface area contributed by atoms with E-state index in [0.29, 0.717) is 30.9 Å². The fraction of sp³-hybridized carbons (Fsp3) is 0.650. The summed E-state index contributed by atoms with van der Waals surface area (Å²) in [6.07, 6.45) is 2.26. The molecule has 6 nitrogen and oxygen atoms in total. The SMILES string of the molecule is CC[C@@H]1CO[C@](C)(CCC(C)C)N1S(=O)(=O)CCNC(=O)c1ccccc1. The standard InChI is InChI=1S/C20H32N2O4S/c1-5-18-15-26-20(4,12-11-16(2)3)22(18)27(24,25)14-13-21-19(23)17-9-7-6-8-10-17/h6-10,16,18H,5,11-15H2,1-4H3,(H,21,23)/t18-,20-/m1/s1. The van der Waals surface area contributed by atoms with Crippen LogP contribution in [0.1, 0.15) is 57.3 Å². The van der Waals surface area contributed by atoms with Crippen LogP contribution in [0.3, 0.4) is 0 Å². The lowest BCUT2D eigenvalue weighted by Gasteiger charge is -2.36. The molecule has 0 unspecified atom stereocenters. The molecule has 0 spiro atoms. The van der Waals surface area contributed by atoms with Gasteiger partial charge in [0.2, 0.25) is 10.0 Å². The van der Waals surface area contributed by atoms with Crippen molar-refractivity contribution in [3.05, 3.63) is 35.9 Å². The van der Waals surface area contributed by atoms with E-state index in [2.05, 4.69) is 19.2 Å². The minimum absolute atomic E-state index is 0.0727. The molecular weight excluding hydrogens is 364 g/mol. The predicted octanol–water partition coefficient (Wildman–Crippen LogP) is 3.01. The van der Waals surface area contributed by atoms with Crippen molar-refractivity contribution in [3.63, 3.8) is 0 Å². The van der Waals surface area contributed by atoms with Crippen LogP contribution in [0.4, 0.5) is 0 Å². The molecule has 1 fully saturated rings. The van der Waals surface area contributed by atoms with Gasteiger partial charge < -0.3 is 10.1 Å². The van der Waals surface area contributed by atoms with Gasteiger partial charge in [-0.1, -0.05) is 39.0 Å². The average Bonchev–Trinajstić information content (AvgIpc) is 2.98. The molecule has 0 aromatic heterocycles. The molecule has 7 heteroatoms. The zero-order valence-corrected chi connectivity index (χ0v) is 17.6. The Morgan fingerprint density at radius 1 is 1.33 bits per heavy atom. The van der Waals surface area contributed by atoms with Crippen LogP contribution in [0.25, 0.3) is 0 Å². The third-order valence-electron chi connectivity index (χ3n) is 5.02. The summed E-state index contributed by atoms with van der Waals surface area (Å²) in [4.78, 5) is 12.1. The van der Waals surface area contributed by atoms with Gasteiger partial charge in [-0.25, -0.2) is 8.42 Å². The first kappa shape index (κ1) is 21.9. The largest absolute Gasteiger partial charge is 0.358 e. The highest BCUT2D eigenvalue weighted by Crippen LogP contribution is 2.36. The quantitative estimate of drug-likeness (QED) is 0.696. The summed E-state index contributed by atoms with van der Waals surface area (Å²) in [5, 5.41) is 2.70. The molecule has 1 saturated heterocycles. The van der Waals surface area contributed by atoms with Gasteiger partial charge in [-0.2, -0.15) is 4.31 Å². The molecule has 1 N–H and O–H groups in total. The van der Waals surface area contributed by atoms with Crippen LogP contribution in [-0.4, -0.2) is 49.3 Å². The van der Waals surface area contributed by atoms with Crippen LogP contribution in [0.15, 0.2) is 30.3 Å². The van der Waals surface area contributed by atoms with E-state index < -0.39 is 15.7 Å². The summed E-state index contributed by atoms with van der Waals surface area (Å²) >= 11 is 0. The maximum atomic E-state index is 13.1. The summed E-state index contributed by atoms with van der Waals surface area (Å²) in [6, 6.07) is 8.63. The van der Waals surface area contributed by atoms with E-state index >= 15 is 0 Å².